The van der Waals surface area contributed by atoms with Gasteiger partial charge >= 0.3 is 0 Å². The second-order valence-corrected chi connectivity index (χ2v) is 4.94. The van der Waals surface area contributed by atoms with Crippen molar-refractivity contribution in [3.8, 4) is 0 Å². The van der Waals surface area contributed by atoms with Gasteiger partial charge in [-0.15, -0.1) is 0 Å². The number of nitrogens with one attached hydrogen (secondary N) is 2. The standard InChI is InChI=1S/C14H18N2O2/c1-9(2)15-14(18)8-10-3-5-12-11(7-10)4-6-13(17)16-12/h3,5,7,9H,4,6,8H2,1-2H3,(H,15,18)(H,16,17). The molecule has 0 saturated carbocycles. The summed E-state index contributed by atoms with van der Waals surface area (Å²) in [5.74, 6) is 0.0950. The van der Waals surface area contributed by atoms with E-state index >= 15 is 0 Å². The summed E-state index contributed by atoms with van der Waals surface area (Å²) in [7, 11) is 0. The molecule has 0 atom stereocenters. The van der Waals surface area contributed by atoms with E-state index in [1.165, 1.54) is 0 Å². The van der Waals surface area contributed by atoms with Gasteiger partial charge in [0.05, 0.1) is 6.42 Å². The van der Waals surface area contributed by atoms with Crippen molar-refractivity contribution in [2.45, 2.75) is 39.2 Å². The molecule has 4 nitrogen and oxygen atoms in total. The maximum atomic E-state index is 11.7. The Morgan fingerprint density at radius 1 is 1.39 bits per heavy atom. The van der Waals surface area contributed by atoms with Crippen LogP contribution in [0.25, 0.3) is 0 Å². The van der Waals surface area contributed by atoms with Gasteiger partial charge in [0.2, 0.25) is 11.8 Å². The highest BCUT2D eigenvalue weighted by Gasteiger charge is 2.15. The highest BCUT2D eigenvalue weighted by atomic mass is 16.2. The van der Waals surface area contributed by atoms with Gasteiger partial charge in [0.25, 0.3) is 0 Å². The molecule has 0 bridgehead atoms. The zero-order chi connectivity index (χ0) is 13.1. The summed E-state index contributed by atoms with van der Waals surface area (Å²) in [4.78, 5) is 22.9. The third kappa shape index (κ3) is 3.09. The summed E-state index contributed by atoms with van der Waals surface area (Å²) in [6.45, 7) is 3.89. The number of carbonyl (C=O) groups is 2. The van der Waals surface area contributed by atoms with Gasteiger partial charge in [0.1, 0.15) is 0 Å². The van der Waals surface area contributed by atoms with Gasteiger partial charge in [0.15, 0.2) is 0 Å². The van der Waals surface area contributed by atoms with Gasteiger partial charge < -0.3 is 10.6 Å². The molecule has 0 fully saturated rings. The van der Waals surface area contributed by atoms with Crippen LogP contribution < -0.4 is 10.6 Å². The number of benzene rings is 1. The quantitative estimate of drug-likeness (QED) is 0.851. The number of hydrogen-bond acceptors (Lipinski definition) is 2. The summed E-state index contributed by atoms with van der Waals surface area (Å²) in [5.41, 5.74) is 2.98. The fraction of sp³-hybridized carbons (Fsp3) is 0.429. The molecule has 1 aliphatic heterocycles. The van der Waals surface area contributed by atoms with Crippen LogP contribution in [0, 0.1) is 0 Å². The first-order valence-corrected chi connectivity index (χ1v) is 6.25. The summed E-state index contributed by atoms with van der Waals surface area (Å²) >= 11 is 0. The van der Waals surface area contributed by atoms with Crippen molar-refractivity contribution in [3.63, 3.8) is 0 Å². The van der Waals surface area contributed by atoms with E-state index < -0.39 is 0 Å². The lowest BCUT2D eigenvalue weighted by Crippen LogP contribution is -2.31. The minimum absolute atomic E-state index is 0.0322. The van der Waals surface area contributed by atoms with Crippen LogP contribution in [0.4, 0.5) is 5.69 Å². The molecule has 96 valence electrons. The van der Waals surface area contributed by atoms with Gasteiger partial charge in [-0.1, -0.05) is 12.1 Å². The lowest BCUT2D eigenvalue weighted by atomic mass is 9.99. The second kappa shape index (κ2) is 5.21. The Morgan fingerprint density at radius 2 is 2.17 bits per heavy atom. The molecular weight excluding hydrogens is 228 g/mol. The largest absolute Gasteiger partial charge is 0.354 e. The van der Waals surface area contributed by atoms with E-state index in [0.29, 0.717) is 12.8 Å². The number of anilines is 1. The first-order chi connectivity index (χ1) is 8.54. The van der Waals surface area contributed by atoms with Crippen LogP contribution in [-0.2, 0) is 22.4 Å². The molecule has 1 heterocycles. The van der Waals surface area contributed by atoms with Crippen molar-refractivity contribution in [3.05, 3.63) is 29.3 Å². The topological polar surface area (TPSA) is 58.2 Å². The molecule has 4 heteroatoms. The monoisotopic (exact) mass is 246 g/mol. The molecule has 0 spiro atoms. The molecule has 2 amide bonds. The maximum Gasteiger partial charge on any atom is 0.224 e. The van der Waals surface area contributed by atoms with Crippen LogP contribution in [0.1, 0.15) is 31.4 Å². The summed E-state index contributed by atoms with van der Waals surface area (Å²) in [5, 5.41) is 5.70. The van der Waals surface area contributed by atoms with Crippen LogP contribution in [-0.4, -0.2) is 17.9 Å². The number of hydrogen-bond donors (Lipinski definition) is 2. The Bertz CT molecular complexity index is 481. The minimum atomic E-state index is 0.0322. The average Bonchev–Trinajstić information content (AvgIpc) is 2.28. The first kappa shape index (κ1) is 12.6. The molecule has 0 aromatic heterocycles. The van der Waals surface area contributed by atoms with E-state index in [4.69, 9.17) is 0 Å². The molecule has 0 radical (unpaired) electrons. The second-order valence-electron chi connectivity index (χ2n) is 4.94. The van der Waals surface area contributed by atoms with E-state index in [-0.39, 0.29) is 17.9 Å². The van der Waals surface area contributed by atoms with Gasteiger partial charge in [-0.25, -0.2) is 0 Å². The number of aryl methyl sites for hydroxylation is 1. The van der Waals surface area contributed by atoms with Gasteiger partial charge in [-0.3, -0.25) is 9.59 Å². The maximum absolute atomic E-state index is 11.7. The van der Waals surface area contributed by atoms with Crippen LogP contribution in [0.5, 0.6) is 0 Å². The van der Waals surface area contributed by atoms with Gasteiger partial charge in [0, 0.05) is 18.2 Å². The van der Waals surface area contributed by atoms with Gasteiger partial charge in [-0.05, 0) is 37.5 Å². The number of amides is 2. The van der Waals surface area contributed by atoms with E-state index in [1.54, 1.807) is 0 Å². The zero-order valence-corrected chi connectivity index (χ0v) is 10.7. The van der Waals surface area contributed by atoms with Crippen LogP contribution >= 0.6 is 0 Å². The lowest BCUT2D eigenvalue weighted by molar-refractivity contribution is -0.121. The van der Waals surface area contributed by atoms with Crippen LogP contribution in [0.2, 0.25) is 0 Å². The fourth-order valence-corrected chi connectivity index (χ4v) is 2.11. The zero-order valence-electron chi connectivity index (χ0n) is 10.7. The van der Waals surface area contributed by atoms with Gasteiger partial charge in [-0.2, -0.15) is 0 Å². The molecule has 2 N–H and O–H groups in total. The highest BCUT2D eigenvalue weighted by Crippen LogP contribution is 2.23. The van der Waals surface area contributed by atoms with Crippen molar-refractivity contribution in [2.75, 3.05) is 5.32 Å². The third-order valence-corrected chi connectivity index (χ3v) is 2.88. The van der Waals surface area contributed by atoms with Crippen molar-refractivity contribution in [1.29, 1.82) is 0 Å². The average molecular weight is 246 g/mol. The molecule has 2 rings (SSSR count). The van der Waals surface area contributed by atoms with E-state index in [0.717, 1.165) is 23.2 Å². The molecular formula is C14H18N2O2. The summed E-state index contributed by atoms with van der Waals surface area (Å²) in [6, 6.07) is 5.94. The normalized spacial score (nSPS) is 14.1. The van der Waals surface area contributed by atoms with E-state index in [1.807, 2.05) is 32.0 Å². The molecule has 0 aliphatic carbocycles. The van der Waals surface area contributed by atoms with Crippen molar-refractivity contribution in [2.24, 2.45) is 0 Å². The summed E-state index contributed by atoms with van der Waals surface area (Å²) < 4.78 is 0. The Labute approximate surface area is 107 Å². The molecule has 1 aliphatic rings. The Morgan fingerprint density at radius 3 is 2.89 bits per heavy atom. The molecule has 1 aromatic rings. The highest BCUT2D eigenvalue weighted by molar-refractivity contribution is 5.94. The first-order valence-electron chi connectivity index (χ1n) is 6.25. The molecule has 1 aromatic carbocycles. The third-order valence-electron chi connectivity index (χ3n) is 2.88. The lowest BCUT2D eigenvalue weighted by Gasteiger charge is -2.17. The van der Waals surface area contributed by atoms with E-state index in [9.17, 15) is 9.59 Å². The van der Waals surface area contributed by atoms with Crippen molar-refractivity contribution < 1.29 is 9.59 Å². The smallest absolute Gasteiger partial charge is 0.224 e. The Kier molecular flexibility index (Phi) is 3.65. The predicted octanol–water partition coefficient (Wildman–Crippen LogP) is 1.64. The molecule has 0 saturated heterocycles. The fourth-order valence-electron chi connectivity index (χ4n) is 2.11. The molecule has 18 heavy (non-hydrogen) atoms. The predicted molar refractivity (Wildman–Crippen MR) is 70.4 cm³/mol. The van der Waals surface area contributed by atoms with E-state index in [2.05, 4.69) is 10.6 Å². The van der Waals surface area contributed by atoms with Crippen LogP contribution in [0.3, 0.4) is 0 Å². The number of fused-ring (bicyclic) bond motifs is 1. The van der Waals surface area contributed by atoms with Crippen molar-refractivity contribution in [1.82, 2.24) is 5.32 Å². The Balaban J connectivity index is 2.07. The van der Waals surface area contributed by atoms with Crippen molar-refractivity contribution >= 4 is 17.5 Å². The number of rotatable bonds is 3. The van der Waals surface area contributed by atoms with Crippen LogP contribution in [0.15, 0.2) is 18.2 Å². The number of carbonyl (C=O) groups excluding carboxylic acids is 2. The minimum Gasteiger partial charge on any atom is -0.354 e. The Hall–Kier alpha value is -1.84. The SMILES string of the molecule is CC(C)NC(=O)Cc1ccc2c(c1)CCC(=O)N2. The summed E-state index contributed by atoms with van der Waals surface area (Å²) in [6.07, 6.45) is 1.66. The molecule has 0 unspecified atom stereocenters.